The van der Waals surface area contributed by atoms with Gasteiger partial charge in [0.2, 0.25) is 0 Å². The van der Waals surface area contributed by atoms with E-state index in [-0.39, 0.29) is 24.8 Å². The Hall–Kier alpha value is -1.33. The number of rotatable bonds is 5. The van der Waals surface area contributed by atoms with E-state index in [2.05, 4.69) is 51.6 Å². The van der Waals surface area contributed by atoms with Crippen LogP contribution in [0.1, 0.15) is 42.6 Å². The number of aryl methyl sites for hydroxylation is 1. The fraction of sp³-hybridized carbons (Fsp3) is 0.522. The summed E-state index contributed by atoms with van der Waals surface area (Å²) < 4.78 is 2.46. The Morgan fingerprint density at radius 2 is 1.55 bits per heavy atom. The van der Waals surface area contributed by atoms with Crippen LogP contribution in [0.5, 0.6) is 0 Å². The van der Waals surface area contributed by atoms with Crippen molar-refractivity contribution in [1.29, 1.82) is 0 Å². The average Bonchev–Trinajstić information content (AvgIpc) is 3.43. The summed E-state index contributed by atoms with van der Waals surface area (Å²) >= 11 is 0. The van der Waals surface area contributed by atoms with Gasteiger partial charge < -0.3 is 4.90 Å². The highest BCUT2D eigenvalue weighted by molar-refractivity contribution is 5.93. The van der Waals surface area contributed by atoms with Crippen molar-refractivity contribution in [3.63, 3.8) is 0 Å². The van der Waals surface area contributed by atoms with Crippen LogP contribution in [0.3, 0.4) is 0 Å². The van der Waals surface area contributed by atoms with Crippen molar-refractivity contribution in [3.8, 4) is 0 Å². The monoisotopic (exact) mass is 434 g/mol. The first-order valence-electron chi connectivity index (χ1n) is 10.6. The molecule has 6 heteroatoms. The van der Waals surface area contributed by atoms with Gasteiger partial charge in [0.1, 0.15) is 5.82 Å². The van der Waals surface area contributed by atoms with Gasteiger partial charge in [-0.3, -0.25) is 9.30 Å². The van der Waals surface area contributed by atoms with E-state index in [0.29, 0.717) is 0 Å². The summed E-state index contributed by atoms with van der Waals surface area (Å²) in [5.41, 5.74) is 5.54. The van der Waals surface area contributed by atoms with Crippen LogP contribution in [-0.2, 0) is 13.0 Å². The van der Waals surface area contributed by atoms with Gasteiger partial charge in [-0.15, -0.1) is 24.8 Å². The summed E-state index contributed by atoms with van der Waals surface area (Å²) in [7, 11) is 0. The Morgan fingerprint density at radius 1 is 0.897 bits per heavy atom. The number of likely N-dealkylation sites (tertiary alicyclic amines) is 2. The van der Waals surface area contributed by atoms with Crippen LogP contribution in [0.25, 0.3) is 16.4 Å². The van der Waals surface area contributed by atoms with Gasteiger partial charge in [0.25, 0.3) is 0 Å². The Labute approximate surface area is 186 Å². The molecule has 2 saturated heterocycles. The van der Waals surface area contributed by atoms with E-state index in [0.717, 1.165) is 13.0 Å². The van der Waals surface area contributed by atoms with Crippen LogP contribution in [0.4, 0.5) is 0 Å². The fourth-order valence-corrected chi connectivity index (χ4v) is 5.06. The smallest absolute Gasteiger partial charge is 0.127 e. The van der Waals surface area contributed by atoms with E-state index < -0.39 is 0 Å². The van der Waals surface area contributed by atoms with E-state index in [1.165, 1.54) is 91.8 Å². The second-order valence-electron chi connectivity index (χ2n) is 8.32. The third-order valence-corrected chi connectivity index (χ3v) is 6.46. The molecule has 0 N–H and O–H groups in total. The lowest BCUT2D eigenvalue weighted by Gasteiger charge is -2.17. The molecular weight excluding hydrogens is 403 g/mol. The molecule has 29 heavy (non-hydrogen) atoms. The molecule has 4 nitrogen and oxygen atoms in total. The van der Waals surface area contributed by atoms with Crippen molar-refractivity contribution < 1.29 is 0 Å². The largest absolute Gasteiger partial charge is 0.303 e. The molecule has 2 aliphatic heterocycles. The molecule has 4 heterocycles. The van der Waals surface area contributed by atoms with Gasteiger partial charge in [-0.25, -0.2) is 4.98 Å². The molecule has 0 atom stereocenters. The van der Waals surface area contributed by atoms with Crippen molar-refractivity contribution in [2.75, 3.05) is 32.7 Å². The number of aromatic nitrogens is 2. The maximum Gasteiger partial charge on any atom is 0.127 e. The quantitative estimate of drug-likeness (QED) is 0.571. The normalized spacial score (nSPS) is 17.7. The lowest BCUT2D eigenvalue weighted by Crippen LogP contribution is -2.22. The number of halogens is 2. The Balaban J connectivity index is 0.00000120. The molecule has 0 bridgehead atoms. The molecule has 3 aromatic rings. The van der Waals surface area contributed by atoms with Gasteiger partial charge in [-0.05, 0) is 82.4 Å². The maximum absolute atomic E-state index is 4.88. The Kier molecular flexibility index (Phi) is 7.44. The molecule has 0 unspecified atom stereocenters. The van der Waals surface area contributed by atoms with Gasteiger partial charge in [0, 0.05) is 18.1 Å². The molecule has 158 valence electrons. The van der Waals surface area contributed by atoms with Crippen molar-refractivity contribution in [2.24, 2.45) is 0 Å². The third-order valence-electron chi connectivity index (χ3n) is 6.46. The lowest BCUT2D eigenvalue weighted by atomic mass is 10.1. The first-order chi connectivity index (χ1) is 13.3. The topological polar surface area (TPSA) is 23.8 Å². The van der Waals surface area contributed by atoms with Crippen LogP contribution in [0, 0.1) is 6.92 Å². The first kappa shape index (κ1) is 22.4. The highest BCUT2D eigenvalue weighted by Gasteiger charge is 2.20. The molecule has 2 aromatic heterocycles. The summed E-state index contributed by atoms with van der Waals surface area (Å²) in [5.74, 6) is 1.20. The Bertz CT molecular complexity index is 956. The lowest BCUT2D eigenvalue weighted by molar-refractivity contribution is 0.321. The van der Waals surface area contributed by atoms with Crippen LogP contribution in [0.15, 0.2) is 30.5 Å². The number of hydrogen-bond acceptors (Lipinski definition) is 3. The standard InChI is InChI=1S/C23H30N4.2ClH/c1-18-16-24-22(17-26-13-6-7-14-26)27-21-9-3-2-8-19(21)20(23(18)27)10-15-25-11-4-5-12-25;;/h2-3,8-9,16H,4-7,10-15,17H2,1H3;2*1H. The van der Waals surface area contributed by atoms with Gasteiger partial charge in [-0.2, -0.15) is 0 Å². The zero-order chi connectivity index (χ0) is 18.2. The van der Waals surface area contributed by atoms with E-state index in [1.54, 1.807) is 0 Å². The summed E-state index contributed by atoms with van der Waals surface area (Å²) in [4.78, 5) is 10.1. The van der Waals surface area contributed by atoms with E-state index in [9.17, 15) is 0 Å². The summed E-state index contributed by atoms with van der Waals surface area (Å²) in [5, 5.41) is 1.41. The summed E-state index contributed by atoms with van der Waals surface area (Å²) in [6.45, 7) is 9.30. The number of para-hydroxylation sites is 1. The van der Waals surface area contributed by atoms with Crippen LogP contribution >= 0.6 is 24.8 Å². The van der Waals surface area contributed by atoms with Crippen molar-refractivity contribution in [3.05, 3.63) is 47.4 Å². The molecule has 0 radical (unpaired) electrons. The van der Waals surface area contributed by atoms with Crippen molar-refractivity contribution in [1.82, 2.24) is 19.2 Å². The highest BCUT2D eigenvalue weighted by Crippen LogP contribution is 2.31. The molecule has 2 aliphatic rings. The molecule has 1 aromatic carbocycles. The molecule has 0 saturated carbocycles. The van der Waals surface area contributed by atoms with Crippen LogP contribution < -0.4 is 0 Å². The van der Waals surface area contributed by atoms with Gasteiger partial charge >= 0.3 is 0 Å². The SMILES string of the molecule is Cc1cnc(CN2CCCC2)n2c1c(CCN1CCCC1)c1ccccc12.Cl.Cl. The predicted molar refractivity (Wildman–Crippen MR) is 126 cm³/mol. The van der Waals surface area contributed by atoms with E-state index in [4.69, 9.17) is 4.98 Å². The fourth-order valence-electron chi connectivity index (χ4n) is 5.06. The van der Waals surface area contributed by atoms with Gasteiger partial charge in [-0.1, -0.05) is 18.2 Å². The Morgan fingerprint density at radius 3 is 2.28 bits per heavy atom. The minimum absolute atomic E-state index is 0. The number of nitrogens with zero attached hydrogens (tertiary/aromatic N) is 4. The van der Waals surface area contributed by atoms with Crippen LogP contribution in [-0.4, -0.2) is 51.9 Å². The predicted octanol–water partition coefficient (Wildman–Crippen LogP) is 4.87. The van der Waals surface area contributed by atoms with Crippen molar-refractivity contribution >= 4 is 41.2 Å². The molecule has 0 amide bonds. The van der Waals surface area contributed by atoms with E-state index >= 15 is 0 Å². The third kappa shape index (κ3) is 4.27. The second kappa shape index (κ2) is 9.65. The number of hydrogen-bond donors (Lipinski definition) is 0. The van der Waals surface area contributed by atoms with Gasteiger partial charge in [0.15, 0.2) is 0 Å². The zero-order valence-corrected chi connectivity index (χ0v) is 18.9. The molecule has 0 spiro atoms. The summed E-state index contributed by atoms with van der Waals surface area (Å²) in [6.07, 6.45) is 8.59. The summed E-state index contributed by atoms with van der Waals surface area (Å²) in [6, 6.07) is 8.93. The second-order valence-corrected chi connectivity index (χ2v) is 8.32. The first-order valence-corrected chi connectivity index (χ1v) is 10.6. The zero-order valence-electron chi connectivity index (χ0n) is 17.3. The molecule has 2 fully saturated rings. The number of fused-ring (bicyclic) bond motifs is 3. The van der Waals surface area contributed by atoms with Crippen molar-refractivity contribution in [2.45, 2.75) is 45.6 Å². The highest BCUT2D eigenvalue weighted by atomic mass is 35.5. The van der Waals surface area contributed by atoms with Gasteiger partial charge in [0.05, 0.1) is 17.6 Å². The molecular formula is C23H32Cl2N4. The van der Waals surface area contributed by atoms with E-state index in [1.807, 2.05) is 0 Å². The molecule has 0 aliphatic carbocycles. The number of benzene rings is 1. The molecule has 5 rings (SSSR count). The van der Waals surface area contributed by atoms with Crippen LogP contribution in [0.2, 0.25) is 0 Å². The maximum atomic E-state index is 4.88. The average molecular weight is 435 g/mol. The minimum Gasteiger partial charge on any atom is -0.303 e. The minimum atomic E-state index is 0.